The second kappa shape index (κ2) is 9.85. The summed E-state index contributed by atoms with van der Waals surface area (Å²) in [5, 5.41) is 10.4. The molecular weight excluding hydrogens is 342 g/mol. The summed E-state index contributed by atoms with van der Waals surface area (Å²) >= 11 is 0. The molecule has 0 spiro atoms. The number of carbonyl (C=O) groups is 1. The third kappa shape index (κ3) is 7.21. The fourth-order valence-corrected chi connectivity index (χ4v) is 2.67. The Kier molecular flexibility index (Phi) is 7.52. The number of carbonyl (C=O) groups excluding carboxylic acids is 1. The van der Waals surface area contributed by atoms with Crippen LogP contribution in [-0.4, -0.2) is 48.9 Å². The summed E-state index contributed by atoms with van der Waals surface area (Å²) < 4.78 is 7.45. The van der Waals surface area contributed by atoms with Crippen LogP contribution in [0, 0.1) is 0 Å². The highest BCUT2D eigenvalue weighted by molar-refractivity contribution is 5.80. The number of para-hydroxylation sites is 1. The molecule has 1 heterocycles. The average Bonchev–Trinajstić information content (AvgIpc) is 3.02. The Hall–Kier alpha value is -2.70. The van der Waals surface area contributed by atoms with Crippen molar-refractivity contribution in [1.29, 1.82) is 0 Å². The Balaban J connectivity index is 1.62. The van der Waals surface area contributed by atoms with E-state index in [9.17, 15) is 4.79 Å². The lowest BCUT2D eigenvalue weighted by Crippen LogP contribution is -2.42. The van der Waals surface area contributed by atoms with Crippen LogP contribution < -0.4 is 16.0 Å². The van der Waals surface area contributed by atoms with Gasteiger partial charge in [0.2, 0.25) is 0 Å². The van der Waals surface area contributed by atoms with E-state index in [1.54, 1.807) is 7.05 Å². The van der Waals surface area contributed by atoms with Crippen molar-refractivity contribution in [1.82, 2.24) is 20.5 Å². The smallest absolute Gasteiger partial charge is 0.407 e. The Labute approximate surface area is 161 Å². The second-order valence-electron chi connectivity index (χ2n) is 7.28. The molecule has 0 aliphatic heterocycles. The first-order valence-electron chi connectivity index (χ1n) is 9.34. The Bertz CT molecular complexity index is 761. The molecule has 27 heavy (non-hydrogen) atoms. The number of alkyl carbamates (subject to hydrolysis) is 1. The molecular formula is C20H31N5O2. The van der Waals surface area contributed by atoms with E-state index in [0.29, 0.717) is 13.1 Å². The van der Waals surface area contributed by atoms with Crippen molar-refractivity contribution < 1.29 is 9.53 Å². The SMILES string of the molecule is CN=C(NCCCn1ccc2ccccc21)NCCNC(=O)OC(C)(C)C. The average molecular weight is 374 g/mol. The minimum absolute atomic E-state index is 0.411. The molecule has 1 aromatic heterocycles. The Morgan fingerprint density at radius 3 is 2.52 bits per heavy atom. The van der Waals surface area contributed by atoms with Crippen LogP contribution in [0.2, 0.25) is 0 Å². The molecule has 148 valence electrons. The summed E-state index contributed by atoms with van der Waals surface area (Å²) in [4.78, 5) is 15.8. The summed E-state index contributed by atoms with van der Waals surface area (Å²) in [6.45, 7) is 8.31. The topological polar surface area (TPSA) is 79.7 Å². The molecule has 0 atom stereocenters. The number of hydrogen-bond donors (Lipinski definition) is 3. The largest absolute Gasteiger partial charge is 0.444 e. The van der Waals surface area contributed by atoms with Gasteiger partial charge < -0.3 is 25.3 Å². The van der Waals surface area contributed by atoms with Gasteiger partial charge in [-0.2, -0.15) is 0 Å². The molecule has 2 aromatic rings. The van der Waals surface area contributed by atoms with Gasteiger partial charge in [-0.1, -0.05) is 18.2 Å². The van der Waals surface area contributed by atoms with Gasteiger partial charge in [-0.15, -0.1) is 0 Å². The first kappa shape index (κ1) is 20.6. The predicted molar refractivity (Wildman–Crippen MR) is 110 cm³/mol. The zero-order valence-electron chi connectivity index (χ0n) is 16.7. The molecule has 0 saturated heterocycles. The maximum Gasteiger partial charge on any atom is 0.407 e. The number of aromatic nitrogens is 1. The molecule has 0 unspecified atom stereocenters. The van der Waals surface area contributed by atoms with E-state index in [0.717, 1.165) is 25.5 Å². The van der Waals surface area contributed by atoms with E-state index in [4.69, 9.17) is 4.74 Å². The molecule has 0 fully saturated rings. The van der Waals surface area contributed by atoms with Crippen molar-refractivity contribution in [3.05, 3.63) is 36.5 Å². The van der Waals surface area contributed by atoms with Crippen molar-refractivity contribution in [3.63, 3.8) is 0 Å². The van der Waals surface area contributed by atoms with Crippen LogP contribution in [0.4, 0.5) is 4.79 Å². The molecule has 2 rings (SSSR count). The molecule has 1 aromatic carbocycles. The maximum absolute atomic E-state index is 11.6. The molecule has 0 aliphatic carbocycles. The molecule has 1 amide bonds. The van der Waals surface area contributed by atoms with E-state index < -0.39 is 11.7 Å². The van der Waals surface area contributed by atoms with Gasteiger partial charge >= 0.3 is 6.09 Å². The van der Waals surface area contributed by atoms with E-state index in [-0.39, 0.29) is 0 Å². The lowest BCUT2D eigenvalue weighted by Gasteiger charge is -2.20. The first-order chi connectivity index (χ1) is 12.9. The van der Waals surface area contributed by atoms with E-state index in [2.05, 4.69) is 62.0 Å². The Morgan fingerprint density at radius 2 is 1.78 bits per heavy atom. The number of aliphatic imine (C=N–C) groups is 1. The van der Waals surface area contributed by atoms with Crippen LogP contribution in [0.3, 0.4) is 0 Å². The zero-order chi connectivity index (χ0) is 19.7. The lowest BCUT2D eigenvalue weighted by atomic mass is 10.2. The standard InChI is InChI=1S/C20H31N5O2/c1-20(2,3)27-19(26)24-13-12-23-18(21-4)22-11-7-14-25-15-10-16-8-5-6-9-17(16)25/h5-6,8-10,15H,7,11-14H2,1-4H3,(H,24,26)(H2,21,22,23). The van der Waals surface area contributed by atoms with Crippen LogP contribution in [0.5, 0.6) is 0 Å². The monoisotopic (exact) mass is 373 g/mol. The van der Waals surface area contributed by atoms with E-state index in [1.165, 1.54) is 10.9 Å². The van der Waals surface area contributed by atoms with Gasteiger partial charge in [0.05, 0.1) is 0 Å². The quantitative estimate of drug-likeness (QED) is 0.396. The molecule has 7 heteroatoms. The van der Waals surface area contributed by atoms with E-state index in [1.807, 2.05) is 20.8 Å². The summed E-state index contributed by atoms with van der Waals surface area (Å²) in [5.41, 5.74) is 0.772. The van der Waals surface area contributed by atoms with Gasteiger partial charge in [-0.05, 0) is 44.7 Å². The predicted octanol–water partition coefficient (Wildman–Crippen LogP) is 2.72. The number of nitrogens with one attached hydrogen (secondary N) is 3. The van der Waals surface area contributed by atoms with Crippen molar-refractivity contribution in [2.75, 3.05) is 26.7 Å². The van der Waals surface area contributed by atoms with Crippen LogP contribution in [-0.2, 0) is 11.3 Å². The van der Waals surface area contributed by atoms with Crippen LogP contribution in [0.1, 0.15) is 27.2 Å². The summed E-state index contributed by atoms with van der Waals surface area (Å²) in [5.74, 6) is 0.721. The molecule has 0 bridgehead atoms. The maximum atomic E-state index is 11.6. The number of benzene rings is 1. The van der Waals surface area contributed by atoms with Gasteiger partial charge in [0.25, 0.3) is 0 Å². The van der Waals surface area contributed by atoms with Gasteiger partial charge in [0.1, 0.15) is 5.60 Å². The summed E-state index contributed by atoms with van der Waals surface area (Å²) in [6.07, 6.45) is 2.70. The highest BCUT2D eigenvalue weighted by atomic mass is 16.6. The van der Waals surface area contributed by atoms with Crippen molar-refractivity contribution >= 4 is 23.0 Å². The third-order valence-corrected chi connectivity index (χ3v) is 3.86. The van der Waals surface area contributed by atoms with Gasteiger partial charge in [0, 0.05) is 44.9 Å². The van der Waals surface area contributed by atoms with Crippen LogP contribution in [0.15, 0.2) is 41.5 Å². The minimum atomic E-state index is -0.486. The number of hydrogen-bond acceptors (Lipinski definition) is 3. The number of guanidine groups is 1. The van der Waals surface area contributed by atoms with Crippen molar-refractivity contribution in [3.8, 4) is 0 Å². The molecule has 0 saturated carbocycles. The van der Waals surface area contributed by atoms with Crippen molar-refractivity contribution in [2.24, 2.45) is 4.99 Å². The fourth-order valence-electron chi connectivity index (χ4n) is 2.67. The summed E-state index contributed by atoms with van der Waals surface area (Å²) in [7, 11) is 1.73. The van der Waals surface area contributed by atoms with Gasteiger partial charge in [-0.25, -0.2) is 4.79 Å². The molecule has 7 nitrogen and oxygen atoms in total. The number of rotatable bonds is 7. The van der Waals surface area contributed by atoms with Crippen LogP contribution >= 0.6 is 0 Å². The number of amides is 1. The minimum Gasteiger partial charge on any atom is -0.444 e. The second-order valence-corrected chi connectivity index (χ2v) is 7.28. The van der Waals surface area contributed by atoms with Crippen LogP contribution in [0.25, 0.3) is 10.9 Å². The Morgan fingerprint density at radius 1 is 1.07 bits per heavy atom. The molecule has 0 aliphatic rings. The van der Waals surface area contributed by atoms with E-state index >= 15 is 0 Å². The number of ether oxygens (including phenoxy) is 1. The highest BCUT2D eigenvalue weighted by Crippen LogP contribution is 2.15. The fraction of sp³-hybridized carbons (Fsp3) is 0.500. The summed E-state index contributed by atoms with van der Waals surface area (Å²) in [6, 6.07) is 10.5. The third-order valence-electron chi connectivity index (χ3n) is 3.86. The van der Waals surface area contributed by atoms with Gasteiger partial charge in [0.15, 0.2) is 5.96 Å². The molecule has 0 radical (unpaired) electrons. The van der Waals surface area contributed by atoms with Gasteiger partial charge in [-0.3, -0.25) is 4.99 Å². The molecule has 3 N–H and O–H groups in total. The normalized spacial score (nSPS) is 12.1. The van der Waals surface area contributed by atoms with Crippen molar-refractivity contribution in [2.45, 2.75) is 39.3 Å². The zero-order valence-corrected chi connectivity index (χ0v) is 16.7. The number of aryl methyl sites for hydroxylation is 1. The number of fused-ring (bicyclic) bond motifs is 1. The first-order valence-corrected chi connectivity index (χ1v) is 9.34. The highest BCUT2D eigenvalue weighted by Gasteiger charge is 2.15. The lowest BCUT2D eigenvalue weighted by molar-refractivity contribution is 0.0529. The number of nitrogens with zero attached hydrogens (tertiary/aromatic N) is 2.